The Morgan fingerprint density at radius 2 is 2.00 bits per heavy atom. The molecule has 0 spiro atoms. The molecule has 16 heavy (non-hydrogen) atoms. The number of hydrogen-bond donors (Lipinski definition) is 1. The molecule has 0 aliphatic carbocycles. The molecule has 0 saturated carbocycles. The minimum absolute atomic E-state index is 0.117. The second kappa shape index (κ2) is 5.38. The van der Waals surface area contributed by atoms with Crippen LogP contribution in [0.3, 0.4) is 0 Å². The maximum absolute atomic E-state index is 12.1. The maximum atomic E-state index is 12.1. The summed E-state index contributed by atoms with van der Waals surface area (Å²) < 4.78 is 36.9. The van der Waals surface area contributed by atoms with E-state index >= 15 is 0 Å². The summed E-state index contributed by atoms with van der Waals surface area (Å²) in [6.07, 6.45) is -5.12. The van der Waals surface area contributed by atoms with Gasteiger partial charge in [-0.1, -0.05) is 33.6 Å². The normalized spacial score (nSPS) is 13.9. The highest BCUT2D eigenvalue weighted by atomic mass is 79.9. The summed E-state index contributed by atoms with van der Waals surface area (Å²) in [6.45, 7) is 0. The standard InChI is InChI=1S/C10H10BrClF3N/c11-7-2-1-6(9(12)4-7)3-8(16)5-10(13,14)15/h1-2,4,8H,3,5,16H2. The zero-order valence-corrected chi connectivity index (χ0v) is 10.5. The van der Waals surface area contributed by atoms with Crippen molar-refractivity contribution in [2.75, 3.05) is 0 Å². The Morgan fingerprint density at radius 3 is 2.50 bits per heavy atom. The SMILES string of the molecule is NC(Cc1ccc(Br)cc1Cl)CC(F)(F)F. The van der Waals surface area contributed by atoms with Crippen molar-refractivity contribution in [3.63, 3.8) is 0 Å². The molecule has 6 heteroatoms. The van der Waals surface area contributed by atoms with Gasteiger partial charge in [-0.15, -0.1) is 0 Å². The predicted octanol–water partition coefficient (Wildman–Crippen LogP) is 3.92. The van der Waals surface area contributed by atoms with Crippen molar-refractivity contribution < 1.29 is 13.2 Å². The van der Waals surface area contributed by atoms with E-state index in [1.807, 2.05) is 0 Å². The van der Waals surface area contributed by atoms with Crippen LogP contribution >= 0.6 is 27.5 Å². The predicted molar refractivity (Wildman–Crippen MR) is 61.5 cm³/mol. The minimum Gasteiger partial charge on any atom is -0.327 e. The van der Waals surface area contributed by atoms with Crippen LogP contribution in [0, 0.1) is 0 Å². The summed E-state index contributed by atoms with van der Waals surface area (Å²) in [4.78, 5) is 0. The van der Waals surface area contributed by atoms with Crippen LogP contribution in [-0.2, 0) is 6.42 Å². The van der Waals surface area contributed by atoms with Crippen LogP contribution in [0.2, 0.25) is 5.02 Å². The Morgan fingerprint density at radius 1 is 1.38 bits per heavy atom. The molecular formula is C10H10BrClF3N. The van der Waals surface area contributed by atoms with E-state index in [-0.39, 0.29) is 6.42 Å². The first-order valence-electron chi connectivity index (χ1n) is 4.54. The van der Waals surface area contributed by atoms with Crippen LogP contribution in [0.1, 0.15) is 12.0 Å². The van der Waals surface area contributed by atoms with Gasteiger partial charge in [0.05, 0.1) is 6.42 Å². The molecule has 0 bridgehead atoms. The number of alkyl halides is 3. The highest BCUT2D eigenvalue weighted by Gasteiger charge is 2.30. The van der Waals surface area contributed by atoms with Gasteiger partial charge in [-0.3, -0.25) is 0 Å². The van der Waals surface area contributed by atoms with Crippen molar-refractivity contribution >= 4 is 27.5 Å². The summed E-state index contributed by atoms with van der Waals surface area (Å²) in [6, 6.07) is 4.07. The third kappa shape index (κ3) is 4.72. The molecule has 0 amide bonds. The van der Waals surface area contributed by atoms with Crippen molar-refractivity contribution in [2.24, 2.45) is 5.73 Å². The van der Waals surface area contributed by atoms with E-state index in [2.05, 4.69) is 15.9 Å². The van der Waals surface area contributed by atoms with Gasteiger partial charge in [-0.25, -0.2) is 0 Å². The van der Waals surface area contributed by atoms with E-state index in [0.717, 1.165) is 4.47 Å². The van der Waals surface area contributed by atoms with Gasteiger partial charge < -0.3 is 5.73 Å². The monoisotopic (exact) mass is 315 g/mol. The molecule has 1 aromatic carbocycles. The fourth-order valence-corrected chi connectivity index (χ4v) is 2.09. The van der Waals surface area contributed by atoms with E-state index in [1.54, 1.807) is 18.2 Å². The molecule has 0 aromatic heterocycles. The molecule has 1 atom stereocenters. The van der Waals surface area contributed by atoms with Crippen LogP contribution < -0.4 is 5.73 Å². The lowest BCUT2D eigenvalue weighted by Crippen LogP contribution is -2.29. The fourth-order valence-electron chi connectivity index (χ4n) is 1.34. The number of nitrogens with two attached hydrogens (primary N) is 1. The number of benzene rings is 1. The molecule has 1 nitrogen and oxygen atoms in total. The van der Waals surface area contributed by atoms with Crippen LogP contribution in [0.4, 0.5) is 13.2 Å². The topological polar surface area (TPSA) is 26.0 Å². The first-order chi connectivity index (χ1) is 7.28. The van der Waals surface area contributed by atoms with Gasteiger partial charge in [0.25, 0.3) is 0 Å². The van der Waals surface area contributed by atoms with E-state index in [4.69, 9.17) is 17.3 Å². The van der Waals surface area contributed by atoms with Crippen LogP contribution in [0.5, 0.6) is 0 Å². The fraction of sp³-hybridized carbons (Fsp3) is 0.400. The van der Waals surface area contributed by atoms with Gasteiger partial charge in [-0.05, 0) is 24.1 Å². The second-order valence-electron chi connectivity index (χ2n) is 3.52. The molecule has 0 fully saturated rings. The Labute approximate surface area is 105 Å². The second-order valence-corrected chi connectivity index (χ2v) is 4.84. The van der Waals surface area contributed by atoms with Crippen LogP contribution in [0.15, 0.2) is 22.7 Å². The van der Waals surface area contributed by atoms with Gasteiger partial charge in [0, 0.05) is 15.5 Å². The molecular weight excluding hydrogens is 306 g/mol. The minimum atomic E-state index is -4.23. The van der Waals surface area contributed by atoms with Crippen molar-refractivity contribution in [2.45, 2.75) is 25.1 Å². The molecule has 0 aliphatic rings. The van der Waals surface area contributed by atoms with Gasteiger partial charge in [0.15, 0.2) is 0 Å². The zero-order valence-electron chi connectivity index (χ0n) is 8.19. The van der Waals surface area contributed by atoms with Crippen molar-refractivity contribution in [3.05, 3.63) is 33.3 Å². The summed E-state index contributed by atoms with van der Waals surface area (Å²) >= 11 is 9.09. The van der Waals surface area contributed by atoms with E-state index in [9.17, 15) is 13.2 Å². The lowest BCUT2D eigenvalue weighted by Gasteiger charge is -2.14. The number of halogens is 5. The molecule has 2 N–H and O–H groups in total. The zero-order chi connectivity index (χ0) is 12.3. The molecule has 0 heterocycles. The summed E-state index contributed by atoms with van der Waals surface area (Å²) in [5.74, 6) is 0. The smallest absolute Gasteiger partial charge is 0.327 e. The molecule has 0 saturated heterocycles. The first-order valence-corrected chi connectivity index (χ1v) is 5.71. The average Bonchev–Trinajstić information content (AvgIpc) is 2.06. The van der Waals surface area contributed by atoms with Gasteiger partial charge in [0.2, 0.25) is 0 Å². The largest absolute Gasteiger partial charge is 0.390 e. The first kappa shape index (κ1) is 13.8. The molecule has 1 unspecified atom stereocenters. The Balaban J connectivity index is 2.66. The molecule has 0 aliphatic heterocycles. The Bertz CT molecular complexity index is 368. The average molecular weight is 317 g/mol. The quantitative estimate of drug-likeness (QED) is 0.898. The van der Waals surface area contributed by atoms with Crippen molar-refractivity contribution in [1.82, 2.24) is 0 Å². The Hall–Kier alpha value is -0.260. The van der Waals surface area contributed by atoms with Crippen LogP contribution in [-0.4, -0.2) is 12.2 Å². The summed E-state index contributed by atoms with van der Waals surface area (Å²) in [7, 11) is 0. The van der Waals surface area contributed by atoms with Gasteiger partial charge >= 0.3 is 6.18 Å². The molecule has 1 aromatic rings. The van der Waals surface area contributed by atoms with Crippen LogP contribution in [0.25, 0.3) is 0 Å². The lowest BCUT2D eigenvalue weighted by molar-refractivity contribution is -0.138. The highest BCUT2D eigenvalue weighted by Crippen LogP contribution is 2.26. The van der Waals surface area contributed by atoms with E-state index in [1.165, 1.54) is 0 Å². The summed E-state index contributed by atoms with van der Waals surface area (Å²) in [5, 5.41) is 0.423. The molecule has 1 rings (SSSR count). The highest BCUT2D eigenvalue weighted by molar-refractivity contribution is 9.10. The van der Waals surface area contributed by atoms with E-state index < -0.39 is 18.6 Å². The Kier molecular flexibility index (Phi) is 4.64. The van der Waals surface area contributed by atoms with Crippen molar-refractivity contribution in [3.8, 4) is 0 Å². The maximum Gasteiger partial charge on any atom is 0.390 e. The summed E-state index contributed by atoms with van der Waals surface area (Å²) in [5.41, 5.74) is 6.03. The molecule has 90 valence electrons. The van der Waals surface area contributed by atoms with Gasteiger partial charge in [0.1, 0.15) is 0 Å². The van der Waals surface area contributed by atoms with Crippen molar-refractivity contribution in [1.29, 1.82) is 0 Å². The third-order valence-electron chi connectivity index (χ3n) is 1.99. The van der Waals surface area contributed by atoms with Gasteiger partial charge in [-0.2, -0.15) is 13.2 Å². The third-order valence-corrected chi connectivity index (χ3v) is 2.84. The number of hydrogen-bond acceptors (Lipinski definition) is 1. The van der Waals surface area contributed by atoms with E-state index in [0.29, 0.717) is 10.6 Å². The lowest BCUT2D eigenvalue weighted by atomic mass is 10.0. The molecule has 0 radical (unpaired) electrons. The number of rotatable bonds is 3.